The first-order valence-corrected chi connectivity index (χ1v) is 7.22. The number of amides is 2. The van der Waals surface area contributed by atoms with Gasteiger partial charge >= 0.3 is 0 Å². The summed E-state index contributed by atoms with van der Waals surface area (Å²) in [5, 5.41) is 2.74. The second kappa shape index (κ2) is 7.40. The Bertz CT molecular complexity index is 701. The lowest BCUT2D eigenvalue weighted by molar-refractivity contribution is -0.115. The highest BCUT2D eigenvalue weighted by Crippen LogP contribution is 2.27. The van der Waals surface area contributed by atoms with Crippen LogP contribution in [0, 0.1) is 0 Å². The molecule has 2 amide bonds. The Hall–Kier alpha value is -2.89. The SMILES string of the molecule is CCC(=O)Nc1cc(C(=O)N(C)c2cccnc2)ccc1OC. The predicted octanol–water partition coefficient (Wildman–Crippen LogP) is 2.72. The van der Waals surface area contributed by atoms with E-state index in [9.17, 15) is 9.59 Å². The van der Waals surface area contributed by atoms with Crippen molar-refractivity contribution in [3.63, 3.8) is 0 Å². The van der Waals surface area contributed by atoms with Crippen molar-refractivity contribution in [2.24, 2.45) is 0 Å². The highest BCUT2D eigenvalue weighted by molar-refractivity contribution is 6.07. The van der Waals surface area contributed by atoms with Crippen molar-refractivity contribution in [2.75, 3.05) is 24.4 Å². The van der Waals surface area contributed by atoms with Crippen LogP contribution in [0.4, 0.5) is 11.4 Å². The lowest BCUT2D eigenvalue weighted by Gasteiger charge is -2.18. The molecule has 0 radical (unpaired) electrons. The maximum atomic E-state index is 12.6. The molecule has 0 fully saturated rings. The van der Waals surface area contributed by atoms with E-state index in [1.807, 2.05) is 0 Å². The number of ether oxygens (including phenoxy) is 1. The summed E-state index contributed by atoms with van der Waals surface area (Å²) in [7, 11) is 3.19. The summed E-state index contributed by atoms with van der Waals surface area (Å²) in [6, 6.07) is 8.50. The van der Waals surface area contributed by atoms with Gasteiger partial charge in [0.25, 0.3) is 5.91 Å². The quantitative estimate of drug-likeness (QED) is 0.921. The van der Waals surface area contributed by atoms with Crippen LogP contribution >= 0.6 is 0 Å². The summed E-state index contributed by atoms with van der Waals surface area (Å²) in [6.07, 6.45) is 3.60. The standard InChI is InChI=1S/C17H19N3O3/c1-4-16(21)19-14-10-12(7-8-15(14)23-3)17(22)20(2)13-6-5-9-18-11-13/h5-11H,4H2,1-3H3,(H,19,21). The molecule has 6 nitrogen and oxygen atoms in total. The second-order valence-corrected chi connectivity index (χ2v) is 4.89. The van der Waals surface area contributed by atoms with Gasteiger partial charge in [-0.1, -0.05) is 6.92 Å². The van der Waals surface area contributed by atoms with Gasteiger partial charge in [-0.3, -0.25) is 14.6 Å². The van der Waals surface area contributed by atoms with E-state index in [0.717, 1.165) is 0 Å². The number of carbonyl (C=O) groups is 2. The number of anilines is 2. The number of pyridine rings is 1. The van der Waals surface area contributed by atoms with E-state index in [1.54, 1.807) is 56.7 Å². The zero-order valence-electron chi connectivity index (χ0n) is 13.4. The van der Waals surface area contributed by atoms with Crippen LogP contribution in [0.1, 0.15) is 23.7 Å². The molecule has 1 heterocycles. The van der Waals surface area contributed by atoms with E-state index in [0.29, 0.717) is 29.1 Å². The molecule has 0 saturated carbocycles. The Balaban J connectivity index is 2.30. The van der Waals surface area contributed by atoms with E-state index in [1.165, 1.54) is 12.0 Å². The molecular formula is C17H19N3O3. The zero-order valence-corrected chi connectivity index (χ0v) is 13.4. The molecule has 0 saturated heterocycles. The molecule has 120 valence electrons. The number of aromatic nitrogens is 1. The summed E-state index contributed by atoms with van der Waals surface area (Å²) in [5.74, 6) is 0.161. The highest BCUT2D eigenvalue weighted by atomic mass is 16.5. The van der Waals surface area contributed by atoms with E-state index < -0.39 is 0 Å². The van der Waals surface area contributed by atoms with Crippen molar-refractivity contribution >= 4 is 23.2 Å². The Kier molecular flexibility index (Phi) is 5.30. The second-order valence-electron chi connectivity index (χ2n) is 4.89. The molecule has 2 aromatic rings. The molecule has 6 heteroatoms. The normalized spacial score (nSPS) is 10.0. The van der Waals surface area contributed by atoms with Gasteiger partial charge in [-0.05, 0) is 30.3 Å². The van der Waals surface area contributed by atoms with Crippen molar-refractivity contribution in [3.8, 4) is 5.75 Å². The third-order valence-corrected chi connectivity index (χ3v) is 3.38. The smallest absolute Gasteiger partial charge is 0.258 e. The minimum Gasteiger partial charge on any atom is -0.495 e. The molecule has 1 aromatic heterocycles. The van der Waals surface area contributed by atoms with Crippen LogP contribution in [0.3, 0.4) is 0 Å². The molecule has 1 aromatic carbocycles. The monoisotopic (exact) mass is 313 g/mol. The number of rotatable bonds is 5. The van der Waals surface area contributed by atoms with E-state index in [-0.39, 0.29) is 11.8 Å². The fraction of sp³-hybridized carbons (Fsp3) is 0.235. The van der Waals surface area contributed by atoms with Crippen LogP contribution in [0.5, 0.6) is 5.75 Å². The van der Waals surface area contributed by atoms with Crippen molar-refractivity contribution in [3.05, 3.63) is 48.3 Å². The van der Waals surface area contributed by atoms with Gasteiger partial charge in [0.2, 0.25) is 5.91 Å². The highest BCUT2D eigenvalue weighted by Gasteiger charge is 2.16. The third kappa shape index (κ3) is 3.85. The van der Waals surface area contributed by atoms with Gasteiger partial charge in [0.1, 0.15) is 5.75 Å². The molecule has 0 aliphatic heterocycles. The van der Waals surface area contributed by atoms with Gasteiger partial charge < -0.3 is 15.0 Å². The van der Waals surface area contributed by atoms with Crippen LogP contribution < -0.4 is 15.0 Å². The fourth-order valence-corrected chi connectivity index (χ4v) is 2.04. The van der Waals surface area contributed by atoms with Crippen LogP contribution in [-0.2, 0) is 4.79 Å². The van der Waals surface area contributed by atoms with Crippen molar-refractivity contribution in [1.82, 2.24) is 4.98 Å². The van der Waals surface area contributed by atoms with Crippen molar-refractivity contribution < 1.29 is 14.3 Å². The Morgan fingerprint density at radius 2 is 2.09 bits per heavy atom. The van der Waals surface area contributed by atoms with Crippen LogP contribution in [0.15, 0.2) is 42.7 Å². The first-order valence-electron chi connectivity index (χ1n) is 7.22. The Morgan fingerprint density at radius 3 is 2.70 bits per heavy atom. The van der Waals surface area contributed by atoms with Gasteiger partial charge in [-0.25, -0.2) is 0 Å². The van der Waals surface area contributed by atoms with Gasteiger partial charge in [-0.2, -0.15) is 0 Å². The zero-order chi connectivity index (χ0) is 16.8. The molecule has 0 spiro atoms. The van der Waals surface area contributed by atoms with Crippen molar-refractivity contribution in [2.45, 2.75) is 13.3 Å². The lowest BCUT2D eigenvalue weighted by Crippen LogP contribution is -2.26. The first kappa shape index (κ1) is 16.5. The number of carbonyl (C=O) groups excluding carboxylic acids is 2. The summed E-state index contributed by atoms with van der Waals surface area (Å²) in [5.41, 5.74) is 1.61. The fourth-order valence-electron chi connectivity index (χ4n) is 2.04. The molecule has 0 aliphatic rings. The number of benzene rings is 1. The molecule has 1 N–H and O–H groups in total. The lowest BCUT2D eigenvalue weighted by atomic mass is 10.1. The summed E-state index contributed by atoms with van der Waals surface area (Å²) >= 11 is 0. The molecular weight excluding hydrogens is 294 g/mol. The number of nitrogens with zero attached hydrogens (tertiary/aromatic N) is 2. The van der Waals surface area contributed by atoms with Gasteiger partial charge in [0.05, 0.1) is 24.7 Å². The summed E-state index contributed by atoms with van der Waals surface area (Å²) in [4.78, 5) is 29.7. The average molecular weight is 313 g/mol. The number of hydrogen-bond acceptors (Lipinski definition) is 4. The maximum absolute atomic E-state index is 12.6. The maximum Gasteiger partial charge on any atom is 0.258 e. The van der Waals surface area contributed by atoms with E-state index in [2.05, 4.69) is 10.3 Å². The van der Waals surface area contributed by atoms with E-state index in [4.69, 9.17) is 4.74 Å². The minimum absolute atomic E-state index is 0.145. The minimum atomic E-state index is -0.201. The number of nitrogens with one attached hydrogen (secondary N) is 1. The van der Waals surface area contributed by atoms with Gasteiger partial charge in [0, 0.05) is 25.2 Å². The molecule has 0 atom stereocenters. The summed E-state index contributed by atoms with van der Waals surface area (Å²) < 4.78 is 5.22. The number of hydrogen-bond donors (Lipinski definition) is 1. The molecule has 23 heavy (non-hydrogen) atoms. The Labute approximate surface area is 135 Å². The van der Waals surface area contributed by atoms with Crippen molar-refractivity contribution in [1.29, 1.82) is 0 Å². The molecule has 0 aliphatic carbocycles. The predicted molar refractivity (Wildman–Crippen MR) is 88.9 cm³/mol. The van der Waals surface area contributed by atoms with Gasteiger partial charge in [-0.15, -0.1) is 0 Å². The van der Waals surface area contributed by atoms with Crippen LogP contribution in [0.2, 0.25) is 0 Å². The largest absolute Gasteiger partial charge is 0.495 e. The first-order chi connectivity index (χ1) is 11.1. The molecule has 0 bridgehead atoms. The number of methoxy groups -OCH3 is 1. The molecule has 0 unspecified atom stereocenters. The van der Waals surface area contributed by atoms with Crippen LogP contribution in [0.25, 0.3) is 0 Å². The third-order valence-electron chi connectivity index (χ3n) is 3.38. The topological polar surface area (TPSA) is 71.5 Å². The van der Waals surface area contributed by atoms with Gasteiger partial charge in [0.15, 0.2) is 0 Å². The Morgan fingerprint density at radius 1 is 1.30 bits per heavy atom. The van der Waals surface area contributed by atoms with E-state index >= 15 is 0 Å². The average Bonchev–Trinajstić information content (AvgIpc) is 2.61. The molecule has 2 rings (SSSR count). The van der Waals surface area contributed by atoms with Crippen LogP contribution in [-0.4, -0.2) is 31.0 Å². The summed E-state index contributed by atoms with van der Waals surface area (Å²) in [6.45, 7) is 1.76.